The number of H-pyrrole nitrogens is 1. The van der Waals surface area contributed by atoms with Gasteiger partial charge >= 0.3 is 0 Å². The molecule has 0 spiro atoms. The molecule has 2 aromatic rings. The van der Waals surface area contributed by atoms with E-state index in [-0.39, 0.29) is 5.56 Å². The minimum Gasteiger partial charge on any atom is -0.326 e. The molecule has 3 heterocycles. The maximum atomic E-state index is 11.9. The Morgan fingerprint density at radius 2 is 2.00 bits per heavy atom. The highest BCUT2D eigenvalue weighted by Gasteiger charge is 2.16. The summed E-state index contributed by atoms with van der Waals surface area (Å²) in [6, 6.07) is 4.32. The monoisotopic (exact) mass is 316 g/mol. The second-order valence-electron chi connectivity index (χ2n) is 6.13. The van der Waals surface area contributed by atoms with E-state index in [1.54, 1.807) is 11.3 Å². The number of aromatic nitrogens is 1. The lowest BCUT2D eigenvalue weighted by Crippen LogP contribution is -2.29. The molecular formula is C18H24N2OS. The van der Waals surface area contributed by atoms with Crippen LogP contribution in [0, 0.1) is 6.92 Å². The number of rotatable bonds is 4. The zero-order valence-electron chi connectivity index (χ0n) is 13.4. The van der Waals surface area contributed by atoms with E-state index in [2.05, 4.69) is 27.4 Å². The maximum absolute atomic E-state index is 11.9. The number of nitrogens with zero attached hydrogens (tertiary/aromatic N) is 1. The standard InChI is InChI=1S/C18H24N2OS/c1-3-14-11-16(13(2)19-18(14)21)17-15(7-10-22-17)12-20-8-5-4-6-9-20/h7,10-11H,3-6,8-9,12H2,1-2H3,(H,19,21). The van der Waals surface area contributed by atoms with Crippen molar-refractivity contribution >= 4 is 11.3 Å². The number of likely N-dealkylation sites (tertiary alicyclic amines) is 1. The lowest BCUT2D eigenvalue weighted by Gasteiger charge is -2.26. The number of aromatic amines is 1. The molecule has 0 atom stereocenters. The van der Waals surface area contributed by atoms with Gasteiger partial charge in [-0.15, -0.1) is 11.3 Å². The molecule has 1 N–H and O–H groups in total. The predicted octanol–water partition coefficient (Wildman–Crippen LogP) is 3.96. The third kappa shape index (κ3) is 3.18. The molecule has 1 fully saturated rings. The Balaban J connectivity index is 1.92. The topological polar surface area (TPSA) is 36.1 Å². The molecule has 4 heteroatoms. The van der Waals surface area contributed by atoms with Crippen molar-refractivity contribution in [1.29, 1.82) is 0 Å². The van der Waals surface area contributed by atoms with Crippen LogP contribution in [0.5, 0.6) is 0 Å². The number of piperidine rings is 1. The molecule has 0 aromatic carbocycles. The van der Waals surface area contributed by atoms with Crippen molar-refractivity contribution in [3.8, 4) is 10.4 Å². The minimum absolute atomic E-state index is 0.0536. The summed E-state index contributed by atoms with van der Waals surface area (Å²) in [5.74, 6) is 0. The van der Waals surface area contributed by atoms with Crippen LogP contribution in [0.3, 0.4) is 0 Å². The van der Waals surface area contributed by atoms with Gasteiger partial charge in [0.25, 0.3) is 5.56 Å². The average molecular weight is 316 g/mol. The highest BCUT2D eigenvalue weighted by Crippen LogP contribution is 2.32. The number of hydrogen-bond donors (Lipinski definition) is 1. The molecule has 3 nitrogen and oxygen atoms in total. The zero-order chi connectivity index (χ0) is 15.5. The first-order valence-electron chi connectivity index (χ1n) is 8.21. The van der Waals surface area contributed by atoms with Crippen LogP contribution in [0.2, 0.25) is 0 Å². The summed E-state index contributed by atoms with van der Waals surface area (Å²) < 4.78 is 0. The molecule has 0 unspecified atom stereocenters. The lowest BCUT2D eigenvalue weighted by molar-refractivity contribution is 0.221. The van der Waals surface area contributed by atoms with Gasteiger partial charge in [-0.1, -0.05) is 13.3 Å². The largest absolute Gasteiger partial charge is 0.326 e. The summed E-state index contributed by atoms with van der Waals surface area (Å²) >= 11 is 1.78. The fraction of sp³-hybridized carbons (Fsp3) is 0.500. The van der Waals surface area contributed by atoms with Gasteiger partial charge in [0.05, 0.1) is 0 Å². The highest BCUT2D eigenvalue weighted by molar-refractivity contribution is 7.13. The van der Waals surface area contributed by atoms with E-state index in [0.717, 1.165) is 24.2 Å². The van der Waals surface area contributed by atoms with Gasteiger partial charge in [0, 0.05) is 28.2 Å². The van der Waals surface area contributed by atoms with E-state index in [0.29, 0.717) is 0 Å². The first kappa shape index (κ1) is 15.5. The van der Waals surface area contributed by atoms with Crippen LogP contribution in [-0.4, -0.2) is 23.0 Å². The molecule has 0 aliphatic carbocycles. The fourth-order valence-electron chi connectivity index (χ4n) is 3.22. The third-order valence-electron chi connectivity index (χ3n) is 4.53. The first-order chi connectivity index (χ1) is 10.7. The van der Waals surface area contributed by atoms with Crippen LogP contribution in [0.25, 0.3) is 10.4 Å². The van der Waals surface area contributed by atoms with E-state index in [9.17, 15) is 4.79 Å². The Labute approximate surface area is 136 Å². The summed E-state index contributed by atoms with van der Waals surface area (Å²) in [5, 5.41) is 2.17. The number of thiophene rings is 1. The second-order valence-corrected chi connectivity index (χ2v) is 7.04. The van der Waals surface area contributed by atoms with E-state index < -0.39 is 0 Å². The van der Waals surface area contributed by atoms with E-state index in [1.807, 2.05) is 13.8 Å². The van der Waals surface area contributed by atoms with Crippen molar-refractivity contribution in [2.45, 2.75) is 46.1 Å². The van der Waals surface area contributed by atoms with Gasteiger partial charge in [0.1, 0.15) is 0 Å². The summed E-state index contributed by atoms with van der Waals surface area (Å²) in [5.41, 5.74) is 4.49. The smallest absolute Gasteiger partial charge is 0.251 e. The van der Waals surface area contributed by atoms with Crippen LogP contribution in [0.15, 0.2) is 22.3 Å². The van der Waals surface area contributed by atoms with Crippen molar-refractivity contribution in [3.05, 3.63) is 44.7 Å². The Bertz CT molecular complexity index is 695. The van der Waals surface area contributed by atoms with Crippen LogP contribution in [-0.2, 0) is 13.0 Å². The Kier molecular flexibility index (Phi) is 4.79. The van der Waals surface area contributed by atoms with Crippen molar-refractivity contribution < 1.29 is 0 Å². The Morgan fingerprint density at radius 1 is 1.23 bits per heavy atom. The van der Waals surface area contributed by atoms with Crippen LogP contribution in [0.4, 0.5) is 0 Å². The van der Waals surface area contributed by atoms with Crippen LogP contribution < -0.4 is 5.56 Å². The van der Waals surface area contributed by atoms with Crippen LogP contribution >= 0.6 is 11.3 Å². The van der Waals surface area contributed by atoms with Crippen molar-refractivity contribution in [1.82, 2.24) is 9.88 Å². The van der Waals surface area contributed by atoms with Crippen molar-refractivity contribution in [2.24, 2.45) is 0 Å². The van der Waals surface area contributed by atoms with Gasteiger partial charge in [-0.2, -0.15) is 0 Å². The molecule has 3 rings (SSSR count). The summed E-state index contributed by atoms with van der Waals surface area (Å²) in [6.45, 7) is 7.48. The summed E-state index contributed by atoms with van der Waals surface area (Å²) in [7, 11) is 0. The lowest BCUT2D eigenvalue weighted by atomic mass is 10.0. The molecular weight excluding hydrogens is 292 g/mol. The number of nitrogens with one attached hydrogen (secondary N) is 1. The fourth-order valence-corrected chi connectivity index (χ4v) is 4.21. The zero-order valence-corrected chi connectivity index (χ0v) is 14.3. The molecule has 0 radical (unpaired) electrons. The molecule has 118 valence electrons. The maximum Gasteiger partial charge on any atom is 0.251 e. The van der Waals surface area contributed by atoms with Crippen molar-refractivity contribution in [2.75, 3.05) is 13.1 Å². The molecule has 2 aromatic heterocycles. The molecule has 1 aliphatic rings. The van der Waals surface area contributed by atoms with Gasteiger partial charge < -0.3 is 4.98 Å². The number of aryl methyl sites for hydroxylation is 2. The number of pyridine rings is 1. The van der Waals surface area contributed by atoms with Gasteiger partial charge in [-0.3, -0.25) is 9.69 Å². The predicted molar refractivity (Wildman–Crippen MR) is 93.6 cm³/mol. The molecule has 1 saturated heterocycles. The highest BCUT2D eigenvalue weighted by atomic mass is 32.1. The minimum atomic E-state index is 0.0536. The number of hydrogen-bond acceptors (Lipinski definition) is 3. The second kappa shape index (κ2) is 6.80. The third-order valence-corrected chi connectivity index (χ3v) is 5.52. The normalized spacial score (nSPS) is 16.1. The molecule has 22 heavy (non-hydrogen) atoms. The van der Waals surface area contributed by atoms with E-state index in [1.165, 1.54) is 48.4 Å². The summed E-state index contributed by atoms with van der Waals surface area (Å²) in [4.78, 5) is 18.8. The van der Waals surface area contributed by atoms with Gasteiger partial charge in [0.15, 0.2) is 0 Å². The first-order valence-corrected chi connectivity index (χ1v) is 9.09. The van der Waals surface area contributed by atoms with E-state index in [4.69, 9.17) is 0 Å². The Hall–Kier alpha value is -1.39. The molecule has 0 bridgehead atoms. The SMILES string of the molecule is CCc1cc(-c2sccc2CN2CCCCC2)c(C)[nH]c1=O. The molecule has 0 saturated carbocycles. The van der Waals surface area contributed by atoms with E-state index >= 15 is 0 Å². The quantitative estimate of drug-likeness (QED) is 0.927. The van der Waals surface area contributed by atoms with Crippen molar-refractivity contribution in [3.63, 3.8) is 0 Å². The van der Waals surface area contributed by atoms with Gasteiger partial charge in [-0.25, -0.2) is 0 Å². The Morgan fingerprint density at radius 3 is 2.73 bits per heavy atom. The van der Waals surface area contributed by atoms with Crippen LogP contribution in [0.1, 0.15) is 43.0 Å². The summed E-state index contributed by atoms with van der Waals surface area (Å²) in [6.07, 6.45) is 4.77. The average Bonchev–Trinajstić information content (AvgIpc) is 2.96. The molecule has 1 aliphatic heterocycles. The van der Waals surface area contributed by atoms with Gasteiger partial charge in [-0.05, 0) is 62.4 Å². The molecule has 0 amide bonds. The van der Waals surface area contributed by atoms with Gasteiger partial charge in [0.2, 0.25) is 0 Å².